The first kappa shape index (κ1) is 7.14. The summed E-state index contributed by atoms with van der Waals surface area (Å²) in [6.07, 6.45) is -0.854. The largest absolute Gasteiger partial charge is 0.305 e. The van der Waals surface area contributed by atoms with Gasteiger partial charge >= 0.3 is 11.4 Å². The Balaban J connectivity index is 2.48. The second kappa shape index (κ2) is 2.74. The van der Waals surface area contributed by atoms with Crippen LogP contribution >= 0.6 is 11.6 Å². The zero-order valence-electron chi connectivity index (χ0n) is 4.20. The van der Waals surface area contributed by atoms with Gasteiger partial charge in [-0.3, -0.25) is 13.2 Å². The van der Waals surface area contributed by atoms with Gasteiger partial charge in [0, 0.05) is 0 Å². The first-order chi connectivity index (χ1) is 4.20. The van der Waals surface area contributed by atoms with Crippen LogP contribution in [0.1, 0.15) is 0 Å². The van der Waals surface area contributed by atoms with Crippen molar-refractivity contribution in [2.45, 2.75) is 6.10 Å². The topological polar surface area (TPSA) is 52.6 Å². The molecule has 2 unspecified atom stereocenters. The maximum atomic E-state index is 10.2. The number of rotatable bonds is 1. The normalized spacial score (nSPS) is 34.8. The van der Waals surface area contributed by atoms with Crippen molar-refractivity contribution in [2.24, 2.45) is 0 Å². The van der Waals surface area contributed by atoms with Crippen LogP contribution in [0, 0.1) is 0 Å². The minimum atomic E-state index is -1.78. The molecule has 1 aliphatic heterocycles. The Morgan fingerprint density at radius 1 is 1.78 bits per heavy atom. The van der Waals surface area contributed by atoms with Crippen LogP contribution in [0.5, 0.6) is 0 Å². The zero-order valence-corrected chi connectivity index (χ0v) is 5.78. The molecule has 0 amide bonds. The molecule has 1 saturated heterocycles. The van der Waals surface area contributed by atoms with Crippen LogP contribution in [0.15, 0.2) is 0 Å². The van der Waals surface area contributed by atoms with Crippen molar-refractivity contribution >= 4 is 28.2 Å². The summed E-state index contributed by atoms with van der Waals surface area (Å²) in [4.78, 5) is 10.2. The van der Waals surface area contributed by atoms with Gasteiger partial charge in [0.15, 0.2) is 6.10 Å². The average Bonchev–Trinajstić information content (AvgIpc) is 2.14. The molecule has 2 atom stereocenters. The first-order valence-electron chi connectivity index (χ1n) is 2.11. The Morgan fingerprint density at radius 2 is 2.44 bits per heavy atom. The highest BCUT2D eigenvalue weighted by atomic mass is 35.5. The first-order valence-corrected chi connectivity index (χ1v) is 3.49. The molecule has 1 rings (SSSR count). The van der Waals surface area contributed by atoms with Crippen LogP contribution in [0.2, 0.25) is 0 Å². The lowest BCUT2D eigenvalue weighted by Gasteiger charge is -1.93. The van der Waals surface area contributed by atoms with E-state index >= 15 is 0 Å². The molecule has 52 valence electrons. The second-order valence-electron chi connectivity index (χ2n) is 1.38. The van der Waals surface area contributed by atoms with Gasteiger partial charge in [-0.15, -0.1) is 0 Å². The van der Waals surface area contributed by atoms with E-state index in [1.54, 1.807) is 0 Å². The smallest absolute Gasteiger partial charge is 0.278 e. The summed E-state index contributed by atoms with van der Waals surface area (Å²) in [6, 6.07) is 0. The summed E-state index contributed by atoms with van der Waals surface area (Å²) in [7, 11) is 0. The van der Waals surface area contributed by atoms with Crippen LogP contribution in [0.25, 0.3) is 0 Å². The van der Waals surface area contributed by atoms with Gasteiger partial charge in [-0.2, -0.15) is 4.21 Å². The highest BCUT2D eigenvalue weighted by Crippen LogP contribution is 2.10. The van der Waals surface area contributed by atoms with Crippen LogP contribution in [-0.4, -0.2) is 22.2 Å². The lowest BCUT2D eigenvalue weighted by molar-refractivity contribution is -0.117. The quantitative estimate of drug-likeness (QED) is 0.509. The summed E-state index contributed by atoms with van der Waals surface area (Å²) in [5.41, 5.74) is 0. The minimum absolute atomic E-state index is 0.0189. The van der Waals surface area contributed by atoms with Gasteiger partial charge in [0.2, 0.25) is 0 Å². The van der Waals surface area contributed by atoms with Crippen molar-refractivity contribution in [3.8, 4) is 0 Å². The summed E-state index contributed by atoms with van der Waals surface area (Å²) in [5, 5.41) is -0.680. The fraction of sp³-hybridized carbons (Fsp3) is 0.667. The maximum Gasteiger partial charge on any atom is 0.305 e. The minimum Gasteiger partial charge on any atom is -0.278 e. The SMILES string of the molecule is O=C(Cl)C1COS(=O)O1. The van der Waals surface area contributed by atoms with Crippen molar-refractivity contribution in [3.63, 3.8) is 0 Å². The third kappa shape index (κ3) is 1.72. The fourth-order valence-corrected chi connectivity index (χ4v) is 1.15. The van der Waals surface area contributed by atoms with Crippen molar-refractivity contribution in [1.29, 1.82) is 0 Å². The molecule has 4 nitrogen and oxygen atoms in total. The standard InChI is InChI=1S/C3H3ClO4S/c4-3(5)2-1-7-9(6)8-2/h2H,1H2. The monoisotopic (exact) mass is 170 g/mol. The molecular formula is C3H3ClO4S. The van der Waals surface area contributed by atoms with E-state index in [1.807, 2.05) is 0 Å². The van der Waals surface area contributed by atoms with E-state index in [9.17, 15) is 9.00 Å². The lowest BCUT2D eigenvalue weighted by atomic mass is 10.4. The molecule has 6 heteroatoms. The Morgan fingerprint density at radius 3 is 2.67 bits per heavy atom. The van der Waals surface area contributed by atoms with E-state index in [2.05, 4.69) is 8.37 Å². The Kier molecular flexibility index (Phi) is 2.18. The van der Waals surface area contributed by atoms with Crippen LogP contribution in [0.3, 0.4) is 0 Å². The summed E-state index contributed by atoms with van der Waals surface area (Å²) in [6.45, 7) is -0.0189. The number of hydrogen-bond acceptors (Lipinski definition) is 4. The summed E-state index contributed by atoms with van der Waals surface area (Å²) < 4.78 is 19.0. The van der Waals surface area contributed by atoms with Gasteiger partial charge in [-0.1, -0.05) is 0 Å². The third-order valence-electron chi connectivity index (χ3n) is 0.764. The molecule has 1 aliphatic rings. The van der Waals surface area contributed by atoms with Crippen molar-refractivity contribution < 1.29 is 17.4 Å². The molecule has 0 aromatic rings. The van der Waals surface area contributed by atoms with E-state index in [0.29, 0.717) is 0 Å². The Hall–Kier alpha value is 0.0300. The Bertz CT molecular complexity index is 158. The molecule has 0 spiro atoms. The van der Waals surface area contributed by atoms with E-state index in [-0.39, 0.29) is 6.61 Å². The number of hydrogen-bond donors (Lipinski definition) is 0. The highest BCUT2D eigenvalue weighted by molar-refractivity contribution is 7.75. The van der Waals surface area contributed by atoms with Gasteiger partial charge in [-0.05, 0) is 11.6 Å². The number of carbonyl (C=O) groups excluding carboxylic acids is 1. The predicted octanol–water partition coefficient (Wildman–Crippen LogP) is -0.254. The zero-order chi connectivity index (χ0) is 6.85. The summed E-state index contributed by atoms with van der Waals surface area (Å²) in [5.74, 6) is 0. The number of halogens is 1. The van der Waals surface area contributed by atoms with Gasteiger partial charge < -0.3 is 0 Å². The lowest BCUT2D eigenvalue weighted by Crippen LogP contribution is -2.16. The van der Waals surface area contributed by atoms with E-state index in [1.165, 1.54) is 0 Å². The molecule has 0 aromatic carbocycles. The van der Waals surface area contributed by atoms with Gasteiger partial charge in [0.25, 0.3) is 5.24 Å². The van der Waals surface area contributed by atoms with Crippen LogP contribution in [-0.2, 0) is 24.5 Å². The molecule has 1 fully saturated rings. The predicted molar refractivity (Wildman–Crippen MR) is 29.8 cm³/mol. The van der Waals surface area contributed by atoms with E-state index < -0.39 is 22.7 Å². The molecule has 0 aromatic heterocycles. The van der Waals surface area contributed by atoms with E-state index in [0.717, 1.165) is 0 Å². The molecule has 9 heavy (non-hydrogen) atoms. The van der Waals surface area contributed by atoms with Crippen molar-refractivity contribution in [2.75, 3.05) is 6.61 Å². The number of carbonyl (C=O) groups is 1. The molecular weight excluding hydrogens is 168 g/mol. The molecule has 0 N–H and O–H groups in total. The van der Waals surface area contributed by atoms with Crippen LogP contribution < -0.4 is 0 Å². The van der Waals surface area contributed by atoms with Crippen LogP contribution in [0.4, 0.5) is 0 Å². The van der Waals surface area contributed by atoms with E-state index in [4.69, 9.17) is 11.6 Å². The average molecular weight is 171 g/mol. The van der Waals surface area contributed by atoms with Gasteiger partial charge in [0.1, 0.15) is 6.61 Å². The maximum absolute atomic E-state index is 10.2. The van der Waals surface area contributed by atoms with Gasteiger partial charge in [0.05, 0.1) is 0 Å². The highest BCUT2D eigenvalue weighted by Gasteiger charge is 2.28. The van der Waals surface area contributed by atoms with Crippen molar-refractivity contribution in [3.05, 3.63) is 0 Å². The molecule has 0 aliphatic carbocycles. The molecule has 1 heterocycles. The van der Waals surface area contributed by atoms with Crippen molar-refractivity contribution in [1.82, 2.24) is 0 Å². The van der Waals surface area contributed by atoms with Gasteiger partial charge in [-0.25, -0.2) is 0 Å². The molecule has 0 radical (unpaired) electrons. The third-order valence-corrected chi connectivity index (χ3v) is 1.72. The summed E-state index contributed by atoms with van der Waals surface area (Å²) >= 11 is 3.19. The fourth-order valence-electron chi connectivity index (χ4n) is 0.371. The Labute approximate surface area is 58.9 Å². The molecule has 0 bridgehead atoms. The second-order valence-corrected chi connectivity index (χ2v) is 2.59. The molecule has 0 saturated carbocycles.